The van der Waals surface area contributed by atoms with Crippen LogP contribution in [0.25, 0.3) is 0 Å². The molecule has 0 aromatic heterocycles. The van der Waals surface area contributed by atoms with E-state index in [0.717, 1.165) is 11.3 Å². The van der Waals surface area contributed by atoms with E-state index in [4.69, 9.17) is 9.47 Å². The third-order valence-electron chi connectivity index (χ3n) is 4.22. The smallest absolute Gasteiger partial charge is 0.410 e. The monoisotopic (exact) mass is 362 g/mol. The van der Waals surface area contributed by atoms with Crippen LogP contribution < -0.4 is 4.90 Å². The van der Waals surface area contributed by atoms with Gasteiger partial charge >= 0.3 is 12.1 Å². The highest BCUT2D eigenvalue weighted by Crippen LogP contribution is 2.27. The Morgan fingerprint density at radius 3 is 2.23 bits per heavy atom. The Hall–Kier alpha value is -2.57. The second-order valence-corrected chi connectivity index (χ2v) is 7.28. The number of piperazine rings is 1. The number of amides is 1. The number of anilines is 1. The van der Waals surface area contributed by atoms with Crippen molar-refractivity contribution in [3.8, 4) is 0 Å². The maximum Gasteiger partial charge on any atom is 0.410 e. The molecule has 1 saturated heterocycles. The first-order chi connectivity index (χ1) is 12.2. The lowest BCUT2D eigenvalue weighted by atomic mass is 10.0. The Balaban J connectivity index is 2.17. The Labute approximate surface area is 153 Å². The molecule has 0 atom stereocenters. The van der Waals surface area contributed by atoms with Crippen LogP contribution in [0, 0.1) is 6.92 Å². The summed E-state index contributed by atoms with van der Waals surface area (Å²) in [7, 11) is 1.31. The molecular weight excluding hydrogens is 336 g/mol. The van der Waals surface area contributed by atoms with E-state index in [1.165, 1.54) is 13.2 Å². The molecule has 1 aliphatic heterocycles. The van der Waals surface area contributed by atoms with Crippen LogP contribution >= 0.6 is 0 Å². The van der Waals surface area contributed by atoms with Gasteiger partial charge in [0.15, 0.2) is 0 Å². The van der Waals surface area contributed by atoms with Gasteiger partial charge in [-0.25, -0.2) is 9.59 Å². The molecule has 0 N–H and O–H groups in total. The first-order valence-electron chi connectivity index (χ1n) is 8.57. The van der Waals surface area contributed by atoms with E-state index in [2.05, 4.69) is 4.90 Å². The molecule has 1 aromatic carbocycles. The lowest BCUT2D eigenvalue weighted by Gasteiger charge is -2.37. The predicted molar refractivity (Wildman–Crippen MR) is 97.9 cm³/mol. The van der Waals surface area contributed by atoms with Crippen LogP contribution in [-0.4, -0.2) is 62.1 Å². The fourth-order valence-corrected chi connectivity index (χ4v) is 2.90. The van der Waals surface area contributed by atoms with Crippen molar-refractivity contribution >= 4 is 24.0 Å². The summed E-state index contributed by atoms with van der Waals surface area (Å²) >= 11 is 0. The van der Waals surface area contributed by atoms with Crippen molar-refractivity contribution < 1.29 is 23.9 Å². The second-order valence-electron chi connectivity index (χ2n) is 7.28. The van der Waals surface area contributed by atoms with Crippen molar-refractivity contribution in [2.24, 2.45) is 0 Å². The number of hydrogen-bond acceptors (Lipinski definition) is 6. The summed E-state index contributed by atoms with van der Waals surface area (Å²) in [6.45, 7) is 9.53. The van der Waals surface area contributed by atoms with Crippen molar-refractivity contribution in [3.05, 3.63) is 28.8 Å². The molecule has 0 aliphatic carbocycles. The standard InChI is InChI=1S/C19H26N2O5/c1-13-15(17(23)25-5)10-14(12-22)11-16(13)20-6-8-21(9-7-20)18(24)26-19(2,3)4/h10-12H,6-9H2,1-5H3. The minimum absolute atomic E-state index is 0.328. The van der Waals surface area contributed by atoms with E-state index in [-0.39, 0.29) is 6.09 Å². The van der Waals surface area contributed by atoms with Gasteiger partial charge in [-0.3, -0.25) is 4.79 Å². The largest absolute Gasteiger partial charge is 0.465 e. The van der Waals surface area contributed by atoms with Crippen LogP contribution in [0.15, 0.2) is 12.1 Å². The average Bonchev–Trinajstić information content (AvgIpc) is 2.60. The zero-order valence-corrected chi connectivity index (χ0v) is 16.0. The number of nitrogens with zero attached hydrogens (tertiary/aromatic N) is 2. The summed E-state index contributed by atoms with van der Waals surface area (Å²) in [6, 6.07) is 3.30. The summed E-state index contributed by atoms with van der Waals surface area (Å²) in [5, 5.41) is 0. The third kappa shape index (κ3) is 4.53. The number of methoxy groups -OCH3 is 1. The summed E-state index contributed by atoms with van der Waals surface area (Å²) in [6.07, 6.45) is 0.387. The highest BCUT2D eigenvalue weighted by atomic mass is 16.6. The number of esters is 1. The van der Waals surface area contributed by atoms with E-state index >= 15 is 0 Å². The lowest BCUT2D eigenvalue weighted by molar-refractivity contribution is 0.0240. The van der Waals surface area contributed by atoms with Gasteiger partial charge in [-0.2, -0.15) is 0 Å². The molecule has 0 unspecified atom stereocenters. The number of carbonyl (C=O) groups excluding carboxylic acids is 3. The van der Waals surface area contributed by atoms with E-state index in [1.54, 1.807) is 11.0 Å². The van der Waals surface area contributed by atoms with Gasteiger partial charge in [-0.05, 0) is 45.4 Å². The first-order valence-corrected chi connectivity index (χ1v) is 8.57. The number of hydrogen-bond donors (Lipinski definition) is 0. The minimum Gasteiger partial charge on any atom is -0.465 e. The molecular formula is C19H26N2O5. The van der Waals surface area contributed by atoms with E-state index in [9.17, 15) is 14.4 Å². The van der Waals surface area contributed by atoms with Gasteiger partial charge in [-0.1, -0.05) is 0 Å². The van der Waals surface area contributed by atoms with Crippen LogP contribution in [0.4, 0.5) is 10.5 Å². The van der Waals surface area contributed by atoms with E-state index in [1.807, 2.05) is 27.7 Å². The topological polar surface area (TPSA) is 76.2 Å². The molecule has 1 aliphatic rings. The third-order valence-corrected chi connectivity index (χ3v) is 4.22. The SMILES string of the molecule is COC(=O)c1cc(C=O)cc(N2CCN(C(=O)OC(C)(C)C)CC2)c1C. The van der Waals surface area contributed by atoms with Gasteiger partial charge in [0.05, 0.1) is 12.7 Å². The molecule has 2 rings (SSSR count). The summed E-state index contributed by atoms with van der Waals surface area (Å²) in [4.78, 5) is 39.2. The normalized spacial score (nSPS) is 14.8. The summed E-state index contributed by atoms with van der Waals surface area (Å²) in [5.41, 5.74) is 1.83. The van der Waals surface area contributed by atoms with Gasteiger partial charge in [0, 0.05) is 37.4 Å². The Morgan fingerprint density at radius 1 is 1.12 bits per heavy atom. The van der Waals surface area contributed by atoms with E-state index < -0.39 is 11.6 Å². The first kappa shape index (κ1) is 19.8. The fourth-order valence-electron chi connectivity index (χ4n) is 2.90. The second kappa shape index (κ2) is 7.76. The van der Waals surface area contributed by atoms with Gasteiger partial charge in [0.25, 0.3) is 0 Å². The molecule has 142 valence electrons. The van der Waals surface area contributed by atoms with Crippen LogP contribution in [-0.2, 0) is 9.47 Å². The van der Waals surface area contributed by atoms with Crippen molar-refractivity contribution in [3.63, 3.8) is 0 Å². The van der Waals surface area contributed by atoms with Crippen LogP contribution in [0.5, 0.6) is 0 Å². The van der Waals surface area contributed by atoms with Crippen molar-refractivity contribution in [2.75, 3.05) is 38.2 Å². The Bertz CT molecular complexity index is 701. The quantitative estimate of drug-likeness (QED) is 0.608. The molecule has 1 fully saturated rings. The number of benzene rings is 1. The number of carbonyl (C=O) groups is 3. The van der Waals surface area contributed by atoms with Gasteiger partial charge < -0.3 is 19.3 Å². The van der Waals surface area contributed by atoms with Gasteiger partial charge in [-0.15, -0.1) is 0 Å². The van der Waals surface area contributed by atoms with Crippen molar-refractivity contribution in [1.29, 1.82) is 0 Å². The zero-order valence-electron chi connectivity index (χ0n) is 16.0. The molecule has 0 saturated carbocycles. The maximum absolute atomic E-state index is 12.2. The molecule has 1 aromatic rings. The van der Waals surface area contributed by atoms with Gasteiger partial charge in [0.2, 0.25) is 0 Å². The van der Waals surface area contributed by atoms with Gasteiger partial charge in [0.1, 0.15) is 11.9 Å². The molecule has 7 heteroatoms. The number of aldehydes is 1. The van der Waals surface area contributed by atoms with Crippen LogP contribution in [0.3, 0.4) is 0 Å². The van der Waals surface area contributed by atoms with Crippen molar-refractivity contribution in [1.82, 2.24) is 4.90 Å². The fraction of sp³-hybridized carbons (Fsp3) is 0.526. The van der Waals surface area contributed by atoms with Crippen molar-refractivity contribution in [2.45, 2.75) is 33.3 Å². The van der Waals surface area contributed by atoms with E-state index in [0.29, 0.717) is 43.6 Å². The van der Waals surface area contributed by atoms with Crippen LogP contribution in [0.1, 0.15) is 47.1 Å². The molecule has 0 spiro atoms. The highest BCUT2D eigenvalue weighted by Gasteiger charge is 2.27. The summed E-state index contributed by atoms with van der Waals surface area (Å²) < 4.78 is 10.2. The predicted octanol–water partition coefficient (Wildman–Crippen LogP) is 2.65. The molecule has 26 heavy (non-hydrogen) atoms. The molecule has 1 heterocycles. The van der Waals surface area contributed by atoms with Crippen LogP contribution in [0.2, 0.25) is 0 Å². The summed E-state index contributed by atoms with van der Waals surface area (Å²) in [5.74, 6) is -0.472. The molecule has 0 radical (unpaired) electrons. The Kier molecular flexibility index (Phi) is 5.90. The molecule has 0 bridgehead atoms. The maximum atomic E-state index is 12.2. The Morgan fingerprint density at radius 2 is 1.73 bits per heavy atom. The zero-order chi connectivity index (χ0) is 19.5. The molecule has 7 nitrogen and oxygen atoms in total. The number of ether oxygens (including phenoxy) is 2. The number of rotatable bonds is 3. The minimum atomic E-state index is -0.529. The average molecular weight is 362 g/mol. The molecule has 1 amide bonds. The lowest BCUT2D eigenvalue weighted by Crippen LogP contribution is -2.50. The highest BCUT2D eigenvalue weighted by molar-refractivity contribution is 5.95.